The molecule has 0 amide bonds. The average molecular weight is 310 g/mol. The third kappa shape index (κ3) is 4.10. The summed E-state index contributed by atoms with van der Waals surface area (Å²) in [5.41, 5.74) is 1.41. The number of hydrogen-bond donors (Lipinski definition) is 1. The normalized spacial score (nSPS) is 18.8. The first-order valence-electron chi connectivity index (χ1n) is 7.28. The van der Waals surface area contributed by atoms with Crippen molar-refractivity contribution < 1.29 is 0 Å². The van der Waals surface area contributed by atoms with Gasteiger partial charge in [0.25, 0.3) is 0 Å². The van der Waals surface area contributed by atoms with Crippen molar-refractivity contribution in [2.75, 3.05) is 6.54 Å². The molecule has 1 saturated carbocycles. The van der Waals surface area contributed by atoms with Crippen LogP contribution in [-0.4, -0.2) is 6.54 Å². The molecule has 2 heteroatoms. The minimum atomic E-state index is 0.514. The molecule has 100 valence electrons. The molecule has 0 saturated heterocycles. The van der Waals surface area contributed by atoms with Crippen LogP contribution in [0.25, 0.3) is 0 Å². The number of halogens is 1. The SMILES string of the molecule is CCC(NCC1CCCCC1)c1ccc(Br)cc1. The third-order valence-electron chi connectivity index (χ3n) is 4.06. The van der Waals surface area contributed by atoms with Crippen LogP contribution in [0, 0.1) is 5.92 Å². The fourth-order valence-corrected chi connectivity index (χ4v) is 3.16. The molecule has 2 rings (SSSR count). The Bertz CT molecular complexity index is 341. The summed E-state index contributed by atoms with van der Waals surface area (Å²) >= 11 is 3.50. The summed E-state index contributed by atoms with van der Waals surface area (Å²) in [6.45, 7) is 3.45. The lowest BCUT2D eigenvalue weighted by Gasteiger charge is -2.25. The Balaban J connectivity index is 1.86. The molecular weight excluding hydrogens is 286 g/mol. The summed E-state index contributed by atoms with van der Waals surface area (Å²) in [5.74, 6) is 0.906. The predicted octanol–water partition coefficient (Wildman–Crippen LogP) is 5.07. The zero-order chi connectivity index (χ0) is 12.8. The van der Waals surface area contributed by atoms with Gasteiger partial charge in [-0.3, -0.25) is 0 Å². The lowest BCUT2D eigenvalue weighted by molar-refractivity contribution is 0.326. The van der Waals surface area contributed by atoms with Crippen molar-refractivity contribution in [3.8, 4) is 0 Å². The summed E-state index contributed by atoms with van der Waals surface area (Å²) < 4.78 is 1.16. The van der Waals surface area contributed by atoms with Crippen LogP contribution >= 0.6 is 15.9 Å². The van der Waals surface area contributed by atoms with Crippen LogP contribution in [0.4, 0.5) is 0 Å². The van der Waals surface area contributed by atoms with Gasteiger partial charge in [0.05, 0.1) is 0 Å². The Hall–Kier alpha value is -0.340. The Kier molecular flexibility index (Phi) is 5.71. The van der Waals surface area contributed by atoms with Gasteiger partial charge in [0.1, 0.15) is 0 Å². The van der Waals surface area contributed by atoms with Crippen LogP contribution in [0.1, 0.15) is 57.1 Å². The molecule has 1 unspecified atom stereocenters. The molecule has 1 atom stereocenters. The van der Waals surface area contributed by atoms with E-state index in [2.05, 4.69) is 52.4 Å². The molecule has 1 aliphatic rings. The minimum Gasteiger partial charge on any atom is -0.310 e. The van der Waals surface area contributed by atoms with Gasteiger partial charge in [0.2, 0.25) is 0 Å². The smallest absolute Gasteiger partial charge is 0.0317 e. The van der Waals surface area contributed by atoms with Crippen LogP contribution < -0.4 is 5.32 Å². The van der Waals surface area contributed by atoms with Gasteiger partial charge in [-0.05, 0) is 49.4 Å². The zero-order valence-electron chi connectivity index (χ0n) is 11.3. The number of hydrogen-bond acceptors (Lipinski definition) is 1. The predicted molar refractivity (Wildman–Crippen MR) is 81.8 cm³/mol. The van der Waals surface area contributed by atoms with Gasteiger partial charge in [-0.1, -0.05) is 54.2 Å². The molecule has 0 heterocycles. The Morgan fingerprint density at radius 1 is 1.17 bits per heavy atom. The number of benzene rings is 1. The molecule has 1 aromatic carbocycles. The maximum absolute atomic E-state index is 3.76. The lowest BCUT2D eigenvalue weighted by atomic mass is 9.89. The standard InChI is InChI=1S/C16H24BrN/c1-2-16(14-8-10-15(17)11-9-14)18-12-13-6-4-3-5-7-13/h8-11,13,16,18H,2-7,12H2,1H3. The van der Waals surface area contributed by atoms with Gasteiger partial charge in [-0.25, -0.2) is 0 Å². The minimum absolute atomic E-state index is 0.514. The molecule has 0 aromatic heterocycles. The van der Waals surface area contributed by atoms with E-state index in [-0.39, 0.29) is 0 Å². The highest BCUT2D eigenvalue weighted by Gasteiger charge is 2.15. The van der Waals surface area contributed by atoms with Crippen LogP contribution in [-0.2, 0) is 0 Å². The van der Waals surface area contributed by atoms with Crippen LogP contribution in [0.2, 0.25) is 0 Å². The molecule has 0 spiro atoms. The molecule has 1 aromatic rings. The molecule has 0 radical (unpaired) electrons. The van der Waals surface area contributed by atoms with Crippen molar-refractivity contribution in [3.05, 3.63) is 34.3 Å². The first-order valence-corrected chi connectivity index (χ1v) is 8.07. The highest BCUT2D eigenvalue weighted by Crippen LogP contribution is 2.25. The first kappa shape index (κ1) is 14.1. The van der Waals surface area contributed by atoms with Crippen molar-refractivity contribution in [2.24, 2.45) is 5.92 Å². The Labute approximate surface area is 119 Å². The van der Waals surface area contributed by atoms with Crippen molar-refractivity contribution >= 4 is 15.9 Å². The maximum atomic E-state index is 3.76. The summed E-state index contributed by atoms with van der Waals surface area (Å²) in [7, 11) is 0. The van der Waals surface area contributed by atoms with Crippen molar-refractivity contribution in [1.82, 2.24) is 5.32 Å². The van der Waals surface area contributed by atoms with Crippen molar-refractivity contribution in [3.63, 3.8) is 0 Å². The van der Waals surface area contributed by atoms with Gasteiger partial charge in [0, 0.05) is 10.5 Å². The second kappa shape index (κ2) is 7.30. The second-order valence-electron chi connectivity index (χ2n) is 5.42. The zero-order valence-corrected chi connectivity index (χ0v) is 12.9. The van der Waals surface area contributed by atoms with E-state index in [9.17, 15) is 0 Å². The first-order chi connectivity index (χ1) is 8.79. The third-order valence-corrected chi connectivity index (χ3v) is 4.59. The fourth-order valence-electron chi connectivity index (χ4n) is 2.89. The van der Waals surface area contributed by atoms with E-state index in [1.54, 1.807) is 0 Å². The number of rotatable bonds is 5. The van der Waals surface area contributed by atoms with E-state index in [1.165, 1.54) is 44.2 Å². The van der Waals surface area contributed by atoms with Gasteiger partial charge in [-0.2, -0.15) is 0 Å². The molecule has 1 nitrogen and oxygen atoms in total. The Morgan fingerprint density at radius 2 is 1.83 bits per heavy atom. The molecular formula is C16H24BrN. The summed E-state index contributed by atoms with van der Waals surface area (Å²) in [4.78, 5) is 0. The van der Waals surface area contributed by atoms with Crippen molar-refractivity contribution in [1.29, 1.82) is 0 Å². The van der Waals surface area contributed by atoms with Gasteiger partial charge in [-0.15, -0.1) is 0 Å². The molecule has 0 bridgehead atoms. The molecule has 18 heavy (non-hydrogen) atoms. The van der Waals surface area contributed by atoms with Gasteiger partial charge < -0.3 is 5.32 Å². The average Bonchev–Trinajstić information content (AvgIpc) is 2.42. The summed E-state index contributed by atoms with van der Waals surface area (Å²) in [5, 5.41) is 3.76. The van der Waals surface area contributed by atoms with E-state index in [0.29, 0.717) is 6.04 Å². The van der Waals surface area contributed by atoms with Crippen LogP contribution in [0.3, 0.4) is 0 Å². The summed E-state index contributed by atoms with van der Waals surface area (Å²) in [6.07, 6.45) is 8.31. The van der Waals surface area contributed by atoms with E-state index >= 15 is 0 Å². The van der Waals surface area contributed by atoms with E-state index in [1.807, 2.05) is 0 Å². The molecule has 1 fully saturated rings. The fraction of sp³-hybridized carbons (Fsp3) is 0.625. The molecule has 1 N–H and O–H groups in total. The summed E-state index contributed by atoms with van der Waals surface area (Å²) in [6, 6.07) is 9.25. The van der Waals surface area contributed by atoms with Crippen LogP contribution in [0.5, 0.6) is 0 Å². The second-order valence-corrected chi connectivity index (χ2v) is 6.34. The van der Waals surface area contributed by atoms with Crippen LogP contribution in [0.15, 0.2) is 28.7 Å². The van der Waals surface area contributed by atoms with E-state index in [4.69, 9.17) is 0 Å². The topological polar surface area (TPSA) is 12.0 Å². The molecule has 1 aliphatic carbocycles. The number of nitrogens with one attached hydrogen (secondary N) is 1. The van der Waals surface area contributed by atoms with E-state index in [0.717, 1.165) is 16.8 Å². The highest BCUT2D eigenvalue weighted by atomic mass is 79.9. The van der Waals surface area contributed by atoms with E-state index < -0.39 is 0 Å². The lowest BCUT2D eigenvalue weighted by Crippen LogP contribution is -2.28. The quantitative estimate of drug-likeness (QED) is 0.800. The van der Waals surface area contributed by atoms with Crippen molar-refractivity contribution in [2.45, 2.75) is 51.5 Å². The Morgan fingerprint density at radius 3 is 2.44 bits per heavy atom. The maximum Gasteiger partial charge on any atom is 0.0317 e. The monoisotopic (exact) mass is 309 g/mol. The molecule has 0 aliphatic heterocycles. The highest BCUT2D eigenvalue weighted by molar-refractivity contribution is 9.10. The largest absolute Gasteiger partial charge is 0.310 e. The van der Waals surface area contributed by atoms with Gasteiger partial charge >= 0.3 is 0 Å². The van der Waals surface area contributed by atoms with Gasteiger partial charge in [0.15, 0.2) is 0 Å².